The highest BCUT2D eigenvalue weighted by atomic mass is 32.1. The topological polar surface area (TPSA) is 54.5 Å². The highest BCUT2D eigenvalue weighted by molar-refractivity contribution is 7.09. The van der Waals surface area contributed by atoms with Gasteiger partial charge in [0.25, 0.3) is 0 Å². The van der Waals surface area contributed by atoms with Crippen LogP contribution < -0.4 is 10.1 Å². The third kappa shape index (κ3) is 5.17. The molecule has 1 saturated carbocycles. The van der Waals surface area contributed by atoms with E-state index in [-0.39, 0.29) is 17.9 Å². The average molecular weight is 414 g/mol. The zero-order valence-corrected chi connectivity index (χ0v) is 18.0. The van der Waals surface area contributed by atoms with Gasteiger partial charge in [0.2, 0.25) is 5.91 Å². The number of benzene rings is 1. The van der Waals surface area contributed by atoms with Crippen LogP contribution in [0.5, 0.6) is 5.75 Å². The van der Waals surface area contributed by atoms with Crippen LogP contribution in [0.2, 0.25) is 0 Å². The SMILES string of the molecule is COc1ccc(CN2CCC[C@@H]([C@H](NC(=O)C3CCCC3)c3nccs3)C2)cc1. The van der Waals surface area contributed by atoms with Crippen LogP contribution in [0.15, 0.2) is 35.8 Å². The van der Waals surface area contributed by atoms with Crippen LogP contribution in [-0.2, 0) is 11.3 Å². The van der Waals surface area contributed by atoms with Crippen molar-refractivity contribution in [3.63, 3.8) is 0 Å². The van der Waals surface area contributed by atoms with Gasteiger partial charge in [-0.25, -0.2) is 4.98 Å². The van der Waals surface area contributed by atoms with Gasteiger partial charge in [0.15, 0.2) is 0 Å². The molecule has 1 aromatic carbocycles. The Morgan fingerprint density at radius 2 is 2.03 bits per heavy atom. The molecule has 1 aromatic heterocycles. The monoisotopic (exact) mass is 413 g/mol. The van der Waals surface area contributed by atoms with Gasteiger partial charge in [0.1, 0.15) is 10.8 Å². The predicted molar refractivity (Wildman–Crippen MR) is 116 cm³/mol. The number of amides is 1. The van der Waals surface area contributed by atoms with E-state index in [2.05, 4.69) is 27.3 Å². The fourth-order valence-electron chi connectivity index (χ4n) is 4.72. The molecule has 1 aliphatic heterocycles. The lowest BCUT2D eigenvalue weighted by Gasteiger charge is -2.37. The molecule has 2 aromatic rings. The van der Waals surface area contributed by atoms with Gasteiger partial charge in [-0.2, -0.15) is 0 Å². The average Bonchev–Trinajstić information content (AvgIpc) is 3.47. The van der Waals surface area contributed by atoms with E-state index in [4.69, 9.17) is 4.74 Å². The molecule has 2 aliphatic rings. The minimum atomic E-state index is 0.0294. The van der Waals surface area contributed by atoms with Crippen LogP contribution >= 0.6 is 11.3 Å². The summed E-state index contributed by atoms with van der Waals surface area (Å²) in [5.41, 5.74) is 1.30. The first kappa shape index (κ1) is 20.4. The second-order valence-corrected chi connectivity index (χ2v) is 9.25. The molecule has 0 bridgehead atoms. The maximum absolute atomic E-state index is 12.9. The molecule has 2 atom stereocenters. The fraction of sp³-hybridized carbons (Fsp3) is 0.565. The molecular formula is C23H31N3O2S. The number of methoxy groups -OCH3 is 1. The molecule has 156 valence electrons. The first-order valence-corrected chi connectivity index (χ1v) is 11.7. The Morgan fingerprint density at radius 3 is 2.72 bits per heavy atom. The Bertz CT molecular complexity index is 772. The largest absolute Gasteiger partial charge is 0.497 e. The Morgan fingerprint density at radius 1 is 1.24 bits per heavy atom. The van der Waals surface area contributed by atoms with Crippen molar-refractivity contribution in [3.05, 3.63) is 46.4 Å². The summed E-state index contributed by atoms with van der Waals surface area (Å²) in [4.78, 5) is 19.9. The second kappa shape index (κ2) is 9.72. The van der Waals surface area contributed by atoms with Gasteiger partial charge in [0.05, 0.1) is 13.2 Å². The highest BCUT2D eigenvalue weighted by Gasteiger charge is 2.33. The van der Waals surface area contributed by atoms with Crippen molar-refractivity contribution in [1.29, 1.82) is 0 Å². The standard InChI is InChI=1S/C23H31N3O2S/c1-28-20-10-8-17(9-11-20)15-26-13-4-7-19(16-26)21(23-24-12-14-29-23)25-22(27)18-5-2-3-6-18/h8-12,14,18-19,21H,2-7,13,15-16H2,1H3,(H,25,27)/t19-,21+/m1/s1. The van der Waals surface area contributed by atoms with E-state index in [0.29, 0.717) is 5.92 Å². The van der Waals surface area contributed by atoms with E-state index in [9.17, 15) is 4.79 Å². The molecule has 0 radical (unpaired) electrons. The molecule has 0 spiro atoms. The van der Waals surface area contributed by atoms with Crippen molar-refractivity contribution in [2.24, 2.45) is 11.8 Å². The van der Waals surface area contributed by atoms with Crippen LogP contribution in [0, 0.1) is 11.8 Å². The lowest BCUT2D eigenvalue weighted by Crippen LogP contribution is -2.43. The smallest absolute Gasteiger partial charge is 0.223 e. The number of rotatable bonds is 7. The quantitative estimate of drug-likeness (QED) is 0.730. The van der Waals surface area contributed by atoms with E-state index < -0.39 is 0 Å². The number of likely N-dealkylation sites (tertiary alicyclic amines) is 1. The Kier molecular flexibility index (Phi) is 6.82. The summed E-state index contributed by atoms with van der Waals surface area (Å²) in [7, 11) is 1.70. The maximum Gasteiger partial charge on any atom is 0.223 e. The third-order valence-electron chi connectivity index (χ3n) is 6.32. The molecule has 1 N–H and O–H groups in total. The van der Waals surface area contributed by atoms with Gasteiger partial charge < -0.3 is 10.1 Å². The van der Waals surface area contributed by atoms with Crippen molar-refractivity contribution in [2.45, 2.75) is 51.1 Å². The lowest BCUT2D eigenvalue weighted by molar-refractivity contribution is -0.126. The Labute approximate surface area is 177 Å². The molecule has 2 heterocycles. The predicted octanol–water partition coefficient (Wildman–Crippen LogP) is 4.41. The van der Waals surface area contributed by atoms with Gasteiger partial charge in [-0.15, -0.1) is 11.3 Å². The van der Waals surface area contributed by atoms with E-state index in [0.717, 1.165) is 56.1 Å². The third-order valence-corrected chi connectivity index (χ3v) is 7.18. The van der Waals surface area contributed by atoms with Crippen molar-refractivity contribution in [3.8, 4) is 5.75 Å². The Hall–Kier alpha value is -1.92. The van der Waals surface area contributed by atoms with Gasteiger partial charge in [-0.05, 0) is 55.8 Å². The highest BCUT2D eigenvalue weighted by Crippen LogP contribution is 2.33. The van der Waals surface area contributed by atoms with E-state index in [1.165, 1.54) is 18.4 Å². The van der Waals surface area contributed by atoms with Crippen molar-refractivity contribution in [1.82, 2.24) is 15.2 Å². The molecule has 0 unspecified atom stereocenters. The molecule has 6 heteroatoms. The summed E-state index contributed by atoms with van der Waals surface area (Å²) < 4.78 is 5.27. The number of hydrogen-bond acceptors (Lipinski definition) is 5. The minimum absolute atomic E-state index is 0.0294. The second-order valence-electron chi connectivity index (χ2n) is 8.32. The molecule has 29 heavy (non-hydrogen) atoms. The maximum atomic E-state index is 12.9. The first-order valence-electron chi connectivity index (χ1n) is 10.8. The van der Waals surface area contributed by atoms with Crippen LogP contribution in [0.3, 0.4) is 0 Å². The molecule has 4 rings (SSSR count). The molecular weight excluding hydrogens is 382 g/mol. The van der Waals surface area contributed by atoms with Crippen LogP contribution in [0.1, 0.15) is 55.1 Å². The van der Waals surface area contributed by atoms with E-state index >= 15 is 0 Å². The number of nitrogens with one attached hydrogen (secondary N) is 1. The zero-order valence-electron chi connectivity index (χ0n) is 17.2. The molecule has 1 aliphatic carbocycles. The molecule has 2 fully saturated rings. The van der Waals surface area contributed by atoms with E-state index in [1.807, 2.05) is 23.7 Å². The lowest BCUT2D eigenvalue weighted by atomic mass is 9.90. The van der Waals surface area contributed by atoms with Crippen molar-refractivity contribution in [2.75, 3.05) is 20.2 Å². The number of thiazole rings is 1. The first-order chi connectivity index (χ1) is 14.2. The number of ether oxygens (including phenoxy) is 1. The summed E-state index contributed by atoms with van der Waals surface area (Å²) in [6, 6.07) is 8.36. The minimum Gasteiger partial charge on any atom is -0.497 e. The molecule has 5 nitrogen and oxygen atoms in total. The number of piperidine rings is 1. The summed E-state index contributed by atoms with van der Waals surface area (Å²) >= 11 is 1.66. The summed E-state index contributed by atoms with van der Waals surface area (Å²) in [6.45, 7) is 3.02. The number of aromatic nitrogens is 1. The van der Waals surface area contributed by atoms with Crippen LogP contribution in [0.4, 0.5) is 0 Å². The van der Waals surface area contributed by atoms with Gasteiger partial charge in [-0.3, -0.25) is 9.69 Å². The number of hydrogen-bond donors (Lipinski definition) is 1. The van der Waals surface area contributed by atoms with Gasteiger partial charge in [0, 0.05) is 30.6 Å². The number of carbonyl (C=O) groups excluding carboxylic acids is 1. The van der Waals surface area contributed by atoms with Gasteiger partial charge >= 0.3 is 0 Å². The van der Waals surface area contributed by atoms with Gasteiger partial charge in [-0.1, -0.05) is 25.0 Å². The van der Waals surface area contributed by atoms with Crippen LogP contribution in [0.25, 0.3) is 0 Å². The summed E-state index contributed by atoms with van der Waals surface area (Å²) in [5.74, 6) is 1.72. The Balaban J connectivity index is 1.43. The number of nitrogens with zero attached hydrogens (tertiary/aromatic N) is 2. The zero-order chi connectivity index (χ0) is 20.1. The number of carbonyl (C=O) groups is 1. The van der Waals surface area contributed by atoms with E-state index in [1.54, 1.807) is 18.4 Å². The summed E-state index contributed by atoms with van der Waals surface area (Å²) in [5, 5.41) is 6.46. The van der Waals surface area contributed by atoms with Crippen molar-refractivity contribution >= 4 is 17.2 Å². The normalized spacial score (nSPS) is 21.8. The van der Waals surface area contributed by atoms with Crippen LogP contribution in [-0.4, -0.2) is 36.0 Å². The fourth-order valence-corrected chi connectivity index (χ4v) is 5.51. The van der Waals surface area contributed by atoms with Crippen molar-refractivity contribution < 1.29 is 9.53 Å². The molecule has 1 saturated heterocycles. The summed E-state index contributed by atoms with van der Waals surface area (Å²) in [6.07, 6.45) is 8.57. The molecule has 1 amide bonds.